The lowest BCUT2D eigenvalue weighted by Crippen LogP contribution is -2.40. The number of methoxy groups -OCH3 is 1. The predicted octanol–water partition coefficient (Wildman–Crippen LogP) is 5.29. The van der Waals surface area contributed by atoms with Crippen molar-refractivity contribution in [1.29, 1.82) is 0 Å². The van der Waals surface area contributed by atoms with Crippen LogP contribution < -0.4 is 4.74 Å². The first-order valence-corrected chi connectivity index (χ1v) is 11.6. The number of rotatable bonds is 6. The minimum atomic E-state index is -0.154. The molecule has 0 spiro atoms. The van der Waals surface area contributed by atoms with Gasteiger partial charge in [-0.15, -0.1) is 0 Å². The molecule has 1 aliphatic rings. The number of carbonyl (C=O) groups is 2. The van der Waals surface area contributed by atoms with Crippen molar-refractivity contribution in [3.05, 3.63) is 81.1 Å². The number of benzene rings is 2. The zero-order chi connectivity index (χ0) is 23.5. The molecular formula is C25H25Cl2N3O3. The van der Waals surface area contributed by atoms with Gasteiger partial charge in [-0.25, -0.2) is 4.68 Å². The fourth-order valence-corrected chi connectivity index (χ4v) is 4.69. The molecular weight excluding hydrogens is 461 g/mol. The van der Waals surface area contributed by atoms with Crippen LogP contribution in [0.15, 0.2) is 48.5 Å². The molecule has 33 heavy (non-hydrogen) atoms. The van der Waals surface area contributed by atoms with Crippen molar-refractivity contribution in [2.24, 2.45) is 5.92 Å². The van der Waals surface area contributed by atoms with Gasteiger partial charge in [0.15, 0.2) is 5.78 Å². The van der Waals surface area contributed by atoms with Crippen LogP contribution in [0.4, 0.5) is 0 Å². The number of hydrogen-bond acceptors (Lipinski definition) is 4. The number of ether oxygens (including phenoxy) is 1. The second-order valence-electron chi connectivity index (χ2n) is 8.16. The number of aryl methyl sites for hydroxylation is 1. The largest absolute Gasteiger partial charge is 0.497 e. The van der Waals surface area contributed by atoms with Gasteiger partial charge in [-0.2, -0.15) is 5.10 Å². The summed E-state index contributed by atoms with van der Waals surface area (Å²) in [5, 5.41) is 5.40. The minimum Gasteiger partial charge on any atom is -0.497 e. The van der Waals surface area contributed by atoms with Gasteiger partial charge in [0.05, 0.1) is 24.9 Å². The second-order valence-corrected chi connectivity index (χ2v) is 8.92. The summed E-state index contributed by atoms with van der Waals surface area (Å²) in [7, 11) is 1.60. The quantitative estimate of drug-likeness (QED) is 0.444. The van der Waals surface area contributed by atoms with Crippen LogP contribution in [0.5, 0.6) is 5.75 Å². The van der Waals surface area contributed by atoms with Gasteiger partial charge >= 0.3 is 0 Å². The van der Waals surface area contributed by atoms with Crippen molar-refractivity contribution in [3.8, 4) is 5.75 Å². The van der Waals surface area contributed by atoms with E-state index in [9.17, 15) is 9.59 Å². The zero-order valence-electron chi connectivity index (χ0n) is 18.6. The van der Waals surface area contributed by atoms with Crippen molar-refractivity contribution in [2.75, 3.05) is 20.2 Å². The summed E-state index contributed by atoms with van der Waals surface area (Å²) >= 11 is 12.8. The molecule has 172 valence electrons. The highest BCUT2D eigenvalue weighted by Gasteiger charge is 2.31. The third-order valence-corrected chi connectivity index (χ3v) is 6.84. The number of amides is 1. The number of carbonyl (C=O) groups excluding carboxylic acids is 2. The number of ketones is 1. The van der Waals surface area contributed by atoms with E-state index in [-0.39, 0.29) is 17.6 Å². The van der Waals surface area contributed by atoms with Gasteiger partial charge in [-0.3, -0.25) is 9.59 Å². The van der Waals surface area contributed by atoms with Crippen LogP contribution in [0.1, 0.15) is 44.8 Å². The first-order chi connectivity index (χ1) is 15.9. The fourth-order valence-electron chi connectivity index (χ4n) is 4.18. The van der Waals surface area contributed by atoms with Crippen molar-refractivity contribution < 1.29 is 14.3 Å². The Kier molecular flexibility index (Phi) is 7.05. The Labute approximate surface area is 203 Å². The lowest BCUT2D eigenvalue weighted by molar-refractivity contribution is 0.0649. The van der Waals surface area contributed by atoms with Crippen LogP contribution in [0.2, 0.25) is 10.2 Å². The number of aromatic nitrogens is 2. The van der Waals surface area contributed by atoms with E-state index in [0.29, 0.717) is 65.2 Å². The molecule has 2 heterocycles. The van der Waals surface area contributed by atoms with Crippen molar-refractivity contribution >= 4 is 34.9 Å². The van der Waals surface area contributed by atoms with E-state index in [1.54, 1.807) is 47.9 Å². The Balaban J connectivity index is 1.43. The van der Waals surface area contributed by atoms with E-state index in [2.05, 4.69) is 5.10 Å². The number of piperidine rings is 1. The average Bonchev–Trinajstić information content (AvgIpc) is 3.12. The molecule has 0 bridgehead atoms. The highest BCUT2D eigenvalue weighted by atomic mass is 35.5. The van der Waals surface area contributed by atoms with Gasteiger partial charge in [0, 0.05) is 29.6 Å². The van der Waals surface area contributed by atoms with Gasteiger partial charge in [0.2, 0.25) is 0 Å². The molecule has 0 aliphatic carbocycles. The third kappa shape index (κ3) is 4.92. The van der Waals surface area contributed by atoms with E-state index in [1.165, 1.54) is 0 Å². The predicted molar refractivity (Wildman–Crippen MR) is 128 cm³/mol. The van der Waals surface area contributed by atoms with E-state index >= 15 is 0 Å². The molecule has 0 radical (unpaired) electrons. The highest BCUT2D eigenvalue weighted by molar-refractivity contribution is 6.33. The maximum atomic E-state index is 13.3. The molecule has 8 heteroatoms. The number of Topliss-reactive ketones (excluding diaryl/α,β-unsaturated/α-hetero) is 1. The van der Waals surface area contributed by atoms with Crippen LogP contribution in [-0.2, 0) is 6.54 Å². The maximum absolute atomic E-state index is 13.3. The lowest BCUT2D eigenvalue weighted by atomic mass is 9.88. The van der Waals surface area contributed by atoms with Crippen molar-refractivity contribution in [3.63, 3.8) is 0 Å². The fraction of sp³-hybridized carbons (Fsp3) is 0.320. The Morgan fingerprint density at radius 2 is 1.73 bits per heavy atom. The summed E-state index contributed by atoms with van der Waals surface area (Å²) < 4.78 is 6.76. The first kappa shape index (κ1) is 23.3. The maximum Gasteiger partial charge on any atom is 0.258 e. The molecule has 1 fully saturated rings. The van der Waals surface area contributed by atoms with E-state index in [0.717, 1.165) is 5.56 Å². The molecule has 1 aromatic heterocycles. The zero-order valence-corrected chi connectivity index (χ0v) is 20.1. The highest BCUT2D eigenvalue weighted by Crippen LogP contribution is 2.28. The molecule has 6 nitrogen and oxygen atoms in total. The summed E-state index contributed by atoms with van der Waals surface area (Å²) in [5.41, 5.74) is 2.53. The van der Waals surface area contributed by atoms with Gasteiger partial charge in [0.25, 0.3) is 5.91 Å². The summed E-state index contributed by atoms with van der Waals surface area (Å²) in [5.74, 6) is 0.557. The Morgan fingerprint density at radius 3 is 2.36 bits per heavy atom. The lowest BCUT2D eigenvalue weighted by Gasteiger charge is -2.31. The van der Waals surface area contributed by atoms with E-state index in [1.807, 2.05) is 24.3 Å². The number of halogens is 2. The van der Waals surface area contributed by atoms with Gasteiger partial charge in [-0.05, 0) is 55.7 Å². The second kappa shape index (κ2) is 9.98. The first-order valence-electron chi connectivity index (χ1n) is 10.8. The SMILES string of the molecule is COc1ccc(C(=O)C2CCN(C(=O)c3c(C)nn(Cc4ccccc4Cl)c3Cl)CC2)cc1. The number of hydrogen-bond donors (Lipinski definition) is 0. The molecule has 1 amide bonds. The minimum absolute atomic E-state index is 0.103. The summed E-state index contributed by atoms with van der Waals surface area (Å²) in [6.07, 6.45) is 1.22. The Hall–Kier alpha value is -2.83. The molecule has 1 saturated heterocycles. The van der Waals surface area contributed by atoms with Crippen LogP contribution >= 0.6 is 23.2 Å². The van der Waals surface area contributed by atoms with Crippen LogP contribution in [0, 0.1) is 12.8 Å². The standard InChI is InChI=1S/C25H25Cl2N3O3/c1-16-22(24(27)30(28-16)15-19-5-3-4-6-21(19)26)25(32)29-13-11-18(12-14-29)23(31)17-7-9-20(33-2)10-8-17/h3-10,18H,11-15H2,1-2H3. The van der Waals surface area contributed by atoms with Gasteiger partial charge in [-0.1, -0.05) is 41.4 Å². The van der Waals surface area contributed by atoms with E-state index in [4.69, 9.17) is 27.9 Å². The number of likely N-dealkylation sites (tertiary alicyclic amines) is 1. The summed E-state index contributed by atoms with van der Waals surface area (Å²) in [6.45, 7) is 3.15. The van der Waals surface area contributed by atoms with Gasteiger partial charge < -0.3 is 9.64 Å². The molecule has 0 saturated carbocycles. The number of nitrogens with zero attached hydrogens (tertiary/aromatic N) is 3. The molecule has 2 aromatic carbocycles. The van der Waals surface area contributed by atoms with Crippen molar-refractivity contribution in [1.82, 2.24) is 14.7 Å². The molecule has 3 aromatic rings. The molecule has 0 unspecified atom stereocenters. The van der Waals surface area contributed by atoms with Crippen LogP contribution in [0.3, 0.4) is 0 Å². The topological polar surface area (TPSA) is 64.4 Å². The molecule has 0 atom stereocenters. The van der Waals surface area contributed by atoms with Gasteiger partial charge in [0.1, 0.15) is 10.9 Å². The molecule has 1 aliphatic heterocycles. The van der Waals surface area contributed by atoms with Crippen LogP contribution in [0.25, 0.3) is 0 Å². The average molecular weight is 486 g/mol. The Bertz CT molecular complexity index is 1170. The Morgan fingerprint density at radius 1 is 1.06 bits per heavy atom. The monoisotopic (exact) mass is 485 g/mol. The third-order valence-electron chi connectivity index (χ3n) is 6.08. The summed E-state index contributed by atoms with van der Waals surface area (Å²) in [6, 6.07) is 14.6. The van der Waals surface area contributed by atoms with Crippen LogP contribution in [-0.4, -0.2) is 46.6 Å². The summed E-state index contributed by atoms with van der Waals surface area (Å²) in [4.78, 5) is 27.9. The molecule has 0 N–H and O–H groups in total. The smallest absolute Gasteiger partial charge is 0.258 e. The van der Waals surface area contributed by atoms with E-state index < -0.39 is 0 Å². The normalized spacial score (nSPS) is 14.4. The molecule has 4 rings (SSSR count). The van der Waals surface area contributed by atoms with Crippen molar-refractivity contribution in [2.45, 2.75) is 26.3 Å².